The molecule has 0 amide bonds. The Kier molecular flexibility index (Phi) is 3.90. The van der Waals surface area contributed by atoms with Crippen molar-refractivity contribution in [2.75, 3.05) is 21.0 Å². The zero-order chi connectivity index (χ0) is 15.0. The normalized spacial score (nSPS) is 32.4. The van der Waals surface area contributed by atoms with Gasteiger partial charge in [-0.1, -0.05) is 0 Å². The Morgan fingerprint density at radius 3 is 2.57 bits per heavy atom. The van der Waals surface area contributed by atoms with Gasteiger partial charge in [-0.2, -0.15) is 0 Å². The highest BCUT2D eigenvalue weighted by atomic mass is 19.1. The van der Waals surface area contributed by atoms with Gasteiger partial charge in [0.15, 0.2) is 6.79 Å². The van der Waals surface area contributed by atoms with Gasteiger partial charge in [-0.25, -0.2) is 4.39 Å². The molecule has 0 radical (unpaired) electrons. The molecule has 1 aromatic carbocycles. The van der Waals surface area contributed by atoms with Gasteiger partial charge in [-0.3, -0.25) is 0 Å². The van der Waals surface area contributed by atoms with Gasteiger partial charge in [0.1, 0.15) is 11.6 Å². The third-order valence-electron chi connectivity index (χ3n) is 4.92. The lowest BCUT2D eigenvalue weighted by Crippen LogP contribution is -2.48. The number of ether oxygens (including phenoxy) is 2. The lowest BCUT2D eigenvalue weighted by Gasteiger charge is -2.42. The van der Waals surface area contributed by atoms with Gasteiger partial charge in [0.2, 0.25) is 0 Å². The smallest absolute Gasteiger partial charge is 0.188 e. The molecule has 116 valence electrons. The van der Waals surface area contributed by atoms with E-state index in [2.05, 4.69) is 11.9 Å². The first kappa shape index (κ1) is 14.8. The third-order valence-corrected chi connectivity index (χ3v) is 4.92. The van der Waals surface area contributed by atoms with Crippen LogP contribution in [0.5, 0.6) is 5.75 Å². The number of benzene rings is 1. The molecule has 2 saturated heterocycles. The lowest BCUT2D eigenvalue weighted by molar-refractivity contribution is -0.0516. The molecule has 0 aromatic heterocycles. The minimum atomic E-state index is -1.07. The minimum Gasteiger partial charge on any atom is -0.467 e. The number of hydrogen-bond acceptors (Lipinski definition) is 4. The molecule has 0 saturated carbocycles. The Labute approximate surface area is 124 Å². The number of halogens is 1. The van der Waals surface area contributed by atoms with E-state index in [0.29, 0.717) is 36.2 Å². The van der Waals surface area contributed by atoms with Crippen molar-refractivity contribution in [1.29, 1.82) is 0 Å². The number of aliphatic hydroxyl groups is 1. The number of rotatable bonds is 4. The summed E-state index contributed by atoms with van der Waals surface area (Å²) in [6.45, 7) is 0.0813. The second kappa shape index (κ2) is 5.55. The van der Waals surface area contributed by atoms with Gasteiger partial charge in [0.25, 0.3) is 0 Å². The summed E-state index contributed by atoms with van der Waals surface area (Å²) < 4.78 is 24.4. The summed E-state index contributed by atoms with van der Waals surface area (Å²) in [5, 5.41) is 11.0. The summed E-state index contributed by atoms with van der Waals surface area (Å²) in [6.07, 6.45) is 3.35. The fourth-order valence-corrected chi connectivity index (χ4v) is 3.76. The van der Waals surface area contributed by atoms with E-state index in [1.807, 2.05) is 0 Å². The zero-order valence-corrected chi connectivity index (χ0v) is 12.5. The fraction of sp³-hybridized carbons (Fsp3) is 0.625. The van der Waals surface area contributed by atoms with Gasteiger partial charge >= 0.3 is 0 Å². The summed E-state index contributed by atoms with van der Waals surface area (Å²) in [6, 6.07) is 5.35. The number of hydrogen-bond donors (Lipinski definition) is 1. The van der Waals surface area contributed by atoms with Crippen LogP contribution in [0.2, 0.25) is 0 Å². The highest BCUT2D eigenvalue weighted by Gasteiger charge is 2.47. The van der Waals surface area contributed by atoms with Crippen LogP contribution in [-0.2, 0) is 10.3 Å². The average Bonchev–Trinajstić information content (AvgIpc) is 2.68. The molecular formula is C16H22FNO3. The van der Waals surface area contributed by atoms with Gasteiger partial charge in [-0.15, -0.1) is 0 Å². The van der Waals surface area contributed by atoms with Crippen molar-refractivity contribution >= 4 is 0 Å². The van der Waals surface area contributed by atoms with Crippen LogP contribution in [0.15, 0.2) is 18.2 Å². The molecule has 1 N–H and O–H groups in total. The van der Waals surface area contributed by atoms with Crippen LogP contribution in [0.1, 0.15) is 31.2 Å². The molecule has 2 atom stereocenters. The number of nitrogens with zero attached hydrogens (tertiary/aromatic N) is 1. The van der Waals surface area contributed by atoms with E-state index in [0.717, 1.165) is 12.8 Å². The standard InChI is InChI=1S/C16H22FNO3/c1-18-11-3-4-12(18)9-16(19,8-11)14-6-5-13(7-15(14)17)21-10-20-2/h5-7,11-12,19H,3-4,8-10H2,1-2H3. The number of methoxy groups -OCH3 is 1. The van der Waals surface area contributed by atoms with Crippen molar-refractivity contribution in [2.45, 2.75) is 43.4 Å². The second-order valence-corrected chi connectivity index (χ2v) is 6.18. The lowest BCUT2D eigenvalue weighted by atomic mass is 9.80. The summed E-state index contributed by atoms with van der Waals surface area (Å²) in [5.74, 6) is 0.00709. The molecule has 21 heavy (non-hydrogen) atoms. The maximum atomic E-state index is 14.4. The van der Waals surface area contributed by atoms with Crippen molar-refractivity contribution in [3.63, 3.8) is 0 Å². The van der Waals surface area contributed by atoms with E-state index in [1.165, 1.54) is 13.2 Å². The summed E-state index contributed by atoms with van der Waals surface area (Å²) in [4.78, 5) is 2.32. The van der Waals surface area contributed by atoms with Crippen LogP contribution < -0.4 is 4.74 Å². The van der Waals surface area contributed by atoms with E-state index < -0.39 is 11.4 Å². The highest BCUT2D eigenvalue weighted by Crippen LogP contribution is 2.45. The van der Waals surface area contributed by atoms with E-state index in [-0.39, 0.29) is 6.79 Å². The Hall–Kier alpha value is -1.17. The molecule has 2 aliphatic heterocycles. The molecule has 2 bridgehead atoms. The Morgan fingerprint density at radius 2 is 2.00 bits per heavy atom. The van der Waals surface area contributed by atoms with Crippen LogP contribution in [0.4, 0.5) is 4.39 Å². The first-order valence-electron chi connectivity index (χ1n) is 7.39. The highest BCUT2D eigenvalue weighted by molar-refractivity contribution is 5.33. The predicted molar refractivity (Wildman–Crippen MR) is 76.6 cm³/mol. The van der Waals surface area contributed by atoms with Crippen LogP contribution in [0.3, 0.4) is 0 Å². The topological polar surface area (TPSA) is 41.9 Å². The average molecular weight is 295 g/mol. The molecule has 2 heterocycles. The molecule has 0 aliphatic carbocycles. The summed E-state index contributed by atoms with van der Waals surface area (Å²) >= 11 is 0. The second-order valence-electron chi connectivity index (χ2n) is 6.18. The molecule has 2 unspecified atom stereocenters. The molecule has 1 aromatic rings. The Morgan fingerprint density at radius 1 is 1.33 bits per heavy atom. The molecule has 3 rings (SSSR count). The van der Waals surface area contributed by atoms with E-state index in [9.17, 15) is 9.50 Å². The van der Waals surface area contributed by atoms with E-state index >= 15 is 0 Å². The van der Waals surface area contributed by atoms with Crippen LogP contribution in [0, 0.1) is 5.82 Å². The van der Waals surface area contributed by atoms with Crippen molar-refractivity contribution in [3.8, 4) is 5.75 Å². The molecule has 0 spiro atoms. The predicted octanol–water partition coefficient (Wildman–Crippen LogP) is 2.25. The molecular weight excluding hydrogens is 273 g/mol. The largest absolute Gasteiger partial charge is 0.467 e. The van der Waals surface area contributed by atoms with Gasteiger partial charge in [0, 0.05) is 30.8 Å². The molecule has 4 nitrogen and oxygen atoms in total. The van der Waals surface area contributed by atoms with Gasteiger partial charge in [-0.05, 0) is 44.9 Å². The number of piperidine rings is 1. The van der Waals surface area contributed by atoms with E-state index in [4.69, 9.17) is 9.47 Å². The quantitative estimate of drug-likeness (QED) is 0.865. The third kappa shape index (κ3) is 2.65. The maximum Gasteiger partial charge on any atom is 0.188 e. The van der Waals surface area contributed by atoms with Crippen molar-refractivity contribution < 1.29 is 19.0 Å². The summed E-state index contributed by atoms with van der Waals surface area (Å²) in [7, 11) is 3.61. The number of fused-ring (bicyclic) bond motifs is 2. The van der Waals surface area contributed by atoms with Gasteiger partial charge < -0.3 is 19.5 Å². The summed E-state index contributed by atoms with van der Waals surface area (Å²) in [5.41, 5.74) is -0.681. The van der Waals surface area contributed by atoms with Crippen molar-refractivity contribution in [1.82, 2.24) is 4.90 Å². The Bertz CT molecular complexity index is 508. The molecule has 2 fully saturated rings. The van der Waals surface area contributed by atoms with Crippen molar-refractivity contribution in [3.05, 3.63) is 29.6 Å². The zero-order valence-electron chi connectivity index (χ0n) is 12.5. The maximum absolute atomic E-state index is 14.4. The minimum absolute atomic E-state index is 0.0813. The monoisotopic (exact) mass is 295 g/mol. The first-order valence-corrected chi connectivity index (χ1v) is 7.39. The SMILES string of the molecule is COCOc1ccc(C2(O)CC3CCC(C2)N3C)c(F)c1. The first-order chi connectivity index (χ1) is 10.0. The van der Waals surface area contributed by atoms with Crippen molar-refractivity contribution in [2.24, 2.45) is 0 Å². The van der Waals surface area contributed by atoms with Crippen LogP contribution in [-0.4, -0.2) is 43.0 Å². The van der Waals surface area contributed by atoms with Crippen LogP contribution in [0.25, 0.3) is 0 Å². The van der Waals surface area contributed by atoms with E-state index in [1.54, 1.807) is 12.1 Å². The fourth-order valence-electron chi connectivity index (χ4n) is 3.76. The van der Waals surface area contributed by atoms with Gasteiger partial charge in [0.05, 0.1) is 5.60 Å². The molecule has 2 aliphatic rings. The van der Waals surface area contributed by atoms with Crippen LogP contribution >= 0.6 is 0 Å². The Balaban J connectivity index is 1.83. The molecule has 5 heteroatoms.